The van der Waals surface area contributed by atoms with Crippen LogP contribution in [0.1, 0.15) is 22.8 Å². The van der Waals surface area contributed by atoms with E-state index in [1.54, 1.807) is 31.3 Å². The van der Waals surface area contributed by atoms with E-state index in [4.69, 9.17) is 23.2 Å². The number of nitrogens with zero attached hydrogens (tertiary/aromatic N) is 1. The Bertz CT molecular complexity index is 997. The number of hydrogen-bond acceptors (Lipinski definition) is 4. The molecule has 10 heteroatoms. The van der Waals surface area contributed by atoms with Crippen LogP contribution in [-0.4, -0.2) is 48.7 Å². The fourth-order valence-electron chi connectivity index (χ4n) is 2.51. The van der Waals surface area contributed by atoms with Gasteiger partial charge in [-0.15, -0.1) is 0 Å². The largest absolute Gasteiger partial charge is 0.345 e. The standard InChI is InChI=1S/C21H22Cl2N4O4/c1-13(28)27(2)12-14-5-3-4-6-18(14)26-20(30)11-24-19(29)10-25-21(31)16-8-7-15(22)9-17(16)23/h3-9H,10-12H2,1-2H3,(H,24,29)(H,25,31)(H,26,30). The highest BCUT2D eigenvalue weighted by Crippen LogP contribution is 2.20. The van der Waals surface area contributed by atoms with E-state index in [0.717, 1.165) is 5.56 Å². The van der Waals surface area contributed by atoms with Crippen LogP contribution in [0.5, 0.6) is 0 Å². The molecule has 164 valence electrons. The van der Waals surface area contributed by atoms with Crippen LogP contribution in [0.2, 0.25) is 10.0 Å². The van der Waals surface area contributed by atoms with Crippen LogP contribution in [-0.2, 0) is 20.9 Å². The molecule has 0 saturated heterocycles. The molecule has 0 aliphatic heterocycles. The van der Waals surface area contributed by atoms with E-state index in [1.807, 2.05) is 0 Å². The minimum Gasteiger partial charge on any atom is -0.345 e. The van der Waals surface area contributed by atoms with Gasteiger partial charge in [-0.25, -0.2) is 0 Å². The third-order valence-electron chi connectivity index (χ3n) is 4.27. The number of carbonyl (C=O) groups excluding carboxylic acids is 4. The molecule has 0 saturated carbocycles. The molecule has 2 rings (SSSR count). The molecule has 2 aromatic carbocycles. The number of rotatable bonds is 8. The van der Waals surface area contributed by atoms with Crippen molar-refractivity contribution in [3.05, 3.63) is 63.6 Å². The highest BCUT2D eigenvalue weighted by molar-refractivity contribution is 6.36. The average molecular weight is 465 g/mol. The summed E-state index contributed by atoms with van der Waals surface area (Å²) in [5.41, 5.74) is 1.48. The van der Waals surface area contributed by atoms with E-state index in [-0.39, 0.29) is 29.6 Å². The Kier molecular flexibility index (Phi) is 8.84. The molecule has 3 N–H and O–H groups in total. The first-order chi connectivity index (χ1) is 14.7. The lowest BCUT2D eigenvalue weighted by molar-refractivity contribution is -0.128. The summed E-state index contributed by atoms with van der Waals surface area (Å²) in [6.07, 6.45) is 0. The second-order valence-electron chi connectivity index (χ2n) is 6.66. The van der Waals surface area contributed by atoms with Gasteiger partial charge in [0.25, 0.3) is 5.91 Å². The second kappa shape index (κ2) is 11.3. The van der Waals surface area contributed by atoms with Crippen LogP contribution in [0.3, 0.4) is 0 Å². The van der Waals surface area contributed by atoms with Crippen molar-refractivity contribution in [3.8, 4) is 0 Å². The van der Waals surface area contributed by atoms with Gasteiger partial charge in [0, 0.05) is 31.2 Å². The van der Waals surface area contributed by atoms with E-state index in [9.17, 15) is 19.2 Å². The number of hydrogen-bond donors (Lipinski definition) is 3. The number of nitrogens with one attached hydrogen (secondary N) is 3. The molecule has 0 heterocycles. The summed E-state index contributed by atoms with van der Waals surface area (Å²) < 4.78 is 0. The van der Waals surface area contributed by atoms with Crippen LogP contribution in [0.15, 0.2) is 42.5 Å². The Morgan fingerprint density at radius 3 is 2.29 bits per heavy atom. The molecule has 0 aromatic heterocycles. The van der Waals surface area contributed by atoms with Crippen molar-refractivity contribution in [2.45, 2.75) is 13.5 Å². The van der Waals surface area contributed by atoms with Gasteiger partial charge in [-0.1, -0.05) is 41.4 Å². The quantitative estimate of drug-likeness (QED) is 0.557. The first kappa shape index (κ1) is 24.2. The van der Waals surface area contributed by atoms with Crippen LogP contribution in [0, 0.1) is 0 Å². The zero-order valence-corrected chi connectivity index (χ0v) is 18.5. The maximum Gasteiger partial charge on any atom is 0.253 e. The molecule has 0 radical (unpaired) electrons. The van der Waals surface area contributed by atoms with Crippen molar-refractivity contribution in [1.82, 2.24) is 15.5 Å². The number of halogens is 2. The fourth-order valence-corrected chi connectivity index (χ4v) is 3.01. The summed E-state index contributed by atoms with van der Waals surface area (Å²) in [6.45, 7) is 1.17. The number of amides is 4. The van der Waals surface area contributed by atoms with Gasteiger partial charge in [0.05, 0.1) is 23.7 Å². The van der Waals surface area contributed by atoms with Crippen molar-refractivity contribution >= 4 is 52.5 Å². The van der Waals surface area contributed by atoms with E-state index < -0.39 is 17.7 Å². The minimum atomic E-state index is -0.543. The smallest absolute Gasteiger partial charge is 0.253 e. The first-order valence-corrected chi connectivity index (χ1v) is 10.0. The van der Waals surface area contributed by atoms with Crippen molar-refractivity contribution in [3.63, 3.8) is 0 Å². The van der Waals surface area contributed by atoms with E-state index in [1.165, 1.54) is 30.0 Å². The molecule has 8 nitrogen and oxygen atoms in total. The predicted octanol–water partition coefficient (Wildman–Crippen LogP) is 2.46. The first-order valence-electron chi connectivity index (χ1n) is 9.26. The van der Waals surface area contributed by atoms with Crippen molar-refractivity contribution in [2.75, 3.05) is 25.5 Å². The lowest BCUT2D eigenvalue weighted by Gasteiger charge is -2.18. The molecule has 0 unspecified atom stereocenters. The summed E-state index contributed by atoms with van der Waals surface area (Å²) in [5, 5.41) is 8.11. The Hall–Kier alpha value is -3.10. The molecule has 0 aliphatic rings. The maximum absolute atomic E-state index is 12.2. The summed E-state index contributed by atoms with van der Waals surface area (Å²) >= 11 is 11.8. The number of para-hydroxylation sites is 1. The molecular weight excluding hydrogens is 443 g/mol. The summed E-state index contributed by atoms with van der Waals surface area (Å²) in [6, 6.07) is 11.4. The van der Waals surface area contributed by atoms with Crippen molar-refractivity contribution in [2.24, 2.45) is 0 Å². The number of anilines is 1. The van der Waals surface area contributed by atoms with E-state index in [0.29, 0.717) is 17.3 Å². The summed E-state index contributed by atoms with van der Waals surface area (Å²) in [7, 11) is 1.66. The summed E-state index contributed by atoms with van der Waals surface area (Å²) in [5.74, 6) is -1.63. The minimum absolute atomic E-state index is 0.102. The van der Waals surface area contributed by atoms with Crippen molar-refractivity contribution < 1.29 is 19.2 Å². The summed E-state index contributed by atoms with van der Waals surface area (Å²) in [4.78, 5) is 49.2. The highest BCUT2D eigenvalue weighted by Gasteiger charge is 2.14. The monoisotopic (exact) mass is 464 g/mol. The fraction of sp³-hybridized carbons (Fsp3) is 0.238. The van der Waals surface area contributed by atoms with Gasteiger partial charge in [0.2, 0.25) is 17.7 Å². The third-order valence-corrected chi connectivity index (χ3v) is 4.82. The Morgan fingerprint density at radius 2 is 1.61 bits per heavy atom. The molecular formula is C21H22Cl2N4O4. The van der Waals surface area contributed by atoms with Crippen LogP contribution < -0.4 is 16.0 Å². The molecule has 2 aromatic rings. The van der Waals surface area contributed by atoms with Gasteiger partial charge in [-0.3, -0.25) is 19.2 Å². The number of carbonyl (C=O) groups is 4. The molecule has 0 atom stereocenters. The zero-order chi connectivity index (χ0) is 23.0. The SMILES string of the molecule is CC(=O)N(C)Cc1ccccc1NC(=O)CNC(=O)CNC(=O)c1ccc(Cl)cc1Cl. The topological polar surface area (TPSA) is 108 Å². The molecule has 0 aliphatic carbocycles. The molecule has 0 spiro atoms. The maximum atomic E-state index is 12.2. The molecule has 0 bridgehead atoms. The molecule has 31 heavy (non-hydrogen) atoms. The van der Waals surface area contributed by atoms with Gasteiger partial charge in [-0.2, -0.15) is 0 Å². The number of benzene rings is 2. The second-order valence-corrected chi connectivity index (χ2v) is 7.51. The van der Waals surface area contributed by atoms with E-state index in [2.05, 4.69) is 16.0 Å². The van der Waals surface area contributed by atoms with Crippen LogP contribution in [0.4, 0.5) is 5.69 Å². The van der Waals surface area contributed by atoms with Gasteiger partial charge in [0.1, 0.15) is 0 Å². The highest BCUT2D eigenvalue weighted by atomic mass is 35.5. The van der Waals surface area contributed by atoms with Crippen LogP contribution >= 0.6 is 23.2 Å². The van der Waals surface area contributed by atoms with E-state index >= 15 is 0 Å². The van der Waals surface area contributed by atoms with Crippen LogP contribution in [0.25, 0.3) is 0 Å². The third kappa shape index (κ3) is 7.58. The molecule has 0 fully saturated rings. The van der Waals surface area contributed by atoms with Gasteiger partial charge < -0.3 is 20.9 Å². The average Bonchev–Trinajstić information content (AvgIpc) is 2.71. The lowest BCUT2D eigenvalue weighted by Crippen LogP contribution is -2.40. The van der Waals surface area contributed by atoms with Gasteiger partial charge >= 0.3 is 0 Å². The zero-order valence-electron chi connectivity index (χ0n) is 17.0. The van der Waals surface area contributed by atoms with Crippen molar-refractivity contribution in [1.29, 1.82) is 0 Å². The Balaban J connectivity index is 1.83. The normalized spacial score (nSPS) is 10.2. The Morgan fingerprint density at radius 1 is 0.935 bits per heavy atom. The Labute approximate surface area is 189 Å². The lowest BCUT2D eigenvalue weighted by atomic mass is 10.1. The predicted molar refractivity (Wildman–Crippen MR) is 119 cm³/mol. The van der Waals surface area contributed by atoms with Gasteiger partial charge in [0.15, 0.2) is 0 Å². The molecule has 4 amide bonds. The van der Waals surface area contributed by atoms with Gasteiger partial charge in [-0.05, 0) is 29.8 Å².